The highest BCUT2D eigenvalue weighted by Gasteiger charge is 2.60. The fourth-order valence-electron chi connectivity index (χ4n) is 12.3. The molecule has 346 valence electrons. The summed E-state index contributed by atoms with van der Waals surface area (Å²) in [6.45, 7) is 40.4. The topological polar surface area (TPSA) is 9.72 Å². The maximum atomic E-state index is 2.80. The Bertz CT molecular complexity index is 2960. The third kappa shape index (κ3) is 7.04. The number of rotatable bonds is 3. The van der Waals surface area contributed by atoms with Crippen LogP contribution in [-0.2, 0) is 32.5 Å². The first-order chi connectivity index (χ1) is 31.1. The third-order valence-corrected chi connectivity index (χ3v) is 16.7. The van der Waals surface area contributed by atoms with Crippen molar-refractivity contribution < 1.29 is 0 Å². The normalized spacial score (nSPS) is 20.1. The summed E-state index contributed by atoms with van der Waals surface area (Å²) in [6.07, 6.45) is 3.54. The third-order valence-electron chi connectivity index (χ3n) is 16.7. The van der Waals surface area contributed by atoms with Crippen LogP contribution in [0.4, 0.5) is 45.5 Å². The molecule has 0 N–H and O–H groups in total. The smallest absolute Gasteiger partial charge is 0.252 e. The van der Waals surface area contributed by atoms with Crippen LogP contribution in [0, 0.1) is 0 Å². The Morgan fingerprint density at radius 3 is 1.51 bits per heavy atom. The minimum atomic E-state index is -0.109. The lowest BCUT2D eigenvalue weighted by molar-refractivity contribution is 0.330. The molecule has 4 aliphatic rings. The quantitative estimate of drug-likeness (QED) is 0.164. The van der Waals surface area contributed by atoms with E-state index in [1.165, 1.54) is 108 Å². The Morgan fingerprint density at radius 2 is 0.910 bits per heavy atom. The monoisotopic (exact) mass is 886 g/mol. The Morgan fingerprint density at radius 1 is 0.403 bits per heavy atom. The molecule has 2 atom stereocenters. The summed E-state index contributed by atoms with van der Waals surface area (Å²) >= 11 is 0. The minimum absolute atomic E-state index is 0.00658. The van der Waals surface area contributed by atoms with Gasteiger partial charge in [-0.15, -0.1) is 0 Å². The molecule has 6 aromatic carbocycles. The number of hydrogen-bond acceptors (Lipinski definition) is 3. The van der Waals surface area contributed by atoms with E-state index in [4.69, 9.17) is 0 Å². The van der Waals surface area contributed by atoms with Gasteiger partial charge in [0.15, 0.2) is 0 Å². The lowest BCUT2D eigenvalue weighted by Gasteiger charge is -2.47. The lowest BCUT2D eigenvalue weighted by atomic mass is 9.33. The second kappa shape index (κ2) is 14.6. The van der Waals surface area contributed by atoms with Crippen LogP contribution in [0.2, 0.25) is 0 Å². The van der Waals surface area contributed by atoms with Crippen LogP contribution in [-0.4, -0.2) is 12.3 Å². The summed E-state index contributed by atoms with van der Waals surface area (Å²) in [5, 5.41) is 0. The van der Waals surface area contributed by atoms with Gasteiger partial charge in [-0.3, -0.25) is 0 Å². The second-order valence-electron chi connectivity index (χ2n) is 26.4. The Kier molecular flexibility index (Phi) is 9.96. The summed E-state index contributed by atoms with van der Waals surface area (Å²) in [5.41, 5.74) is 22.5. The summed E-state index contributed by atoms with van der Waals surface area (Å²) in [7, 11) is 0. The zero-order chi connectivity index (χ0) is 48.2. The molecular formula is C63H76BN3. The Balaban J connectivity index is 1.35. The van der Waals surface area contributed by atoms with Gasteiger partial charge >= 0.3 is 0 Å². The van der Waals surface area contributed by atoms with Crippen molar-refractivity contribution in [2.24, 2.45) is 0 Å². The molecule has 10 rings (SSSR count). The van der Waals surface area contributed by atoms with Crippen LogP contribution in [0.1, 0.15) is 170 Å². The van der Waals surface area contributed by atoms with Crippen molar-refractivity contribution in [1.29, 1.82) is 0 Å². The van der Waals surface area contributed by atoms with Crippen LogP contribution in [0.15, 0.2) is 115 Å². The van der Waals surface area contributed by atoms with Crippen LogP contribution < -0.4 is 31.1 Å². The maximum absolute atomic E-state index is 2.80. The van der Waals surface area contributed by atoms with Gasteiger partial charge in [0.1, 0.15) is 0 Å². The van der Waals surface area contributed by atoms with Gasteiger partial charge in [0.05, 0.1) is 5.54 Å². The van der Waals surface area contributed by atoms with E-state index in [-0.39, 0.29) is 44.7 Å². The maximum Gasteiger partial charge on any atom is 0.252 e. The van der Waals surface area contributed by atoms with Crippen molar-refractivity contribution in [3.05, 3.63) is 149 Å². The van der Waals surface area contributed by atoms with E-state index in [0.29, 0.717) is 0 Å². The van der Waals surface area contributed by atoms with E-state index in [1.54, 1.807) is 0 Å². The average molecular weight is 886 g/mol. The zero-order valence-electron chi connectivity index (χ0n) is 44.0. The van der Waals surface area contributed by atoms with Crippen molar-refractivity contribution in [2.75, 3.05) is 14.7 Å². The second-order valence-corrected chi connectivity index (χ2v) is 26.4. The molecule has 2 unspecified atom stereocenters. The molecule has 6 aromatic rings. The molecule has 67 heavy (non-hydrogen) atoms. The van der Waals surface area contributed by atoms with E-state index in [1.807, 2.05) is 0 Å². The van der Waals surface area contributed by atoms with Crippen LogP contribution >= 0.6 is 0 Å². The number of anilines is 8. The van der Waals surface area contributed by atoms with Crippen molar-refractivity contribution in [2.45, 2.75) is 175 Å². The van der Waals surface area contributed by atoms with E-state index in [0.717, 1.165) is 6.42 Å². The van der Waals surface area contributed by atoms with Gasteiger partial charge < -0.3 is 14.7 Å². The largest absolute Gasteiger partial charge is 0.334 e. The summed E-state index contributed by atoms with van der Waals surface area (Å²) < 4.78 is 0. The number of benzene rings is 6. The van der Waals surface area contributed by atoms with Gasteiger partial charge in [0.25, 0.3) is 6.71 Å². The fraction of sp³-hybridized carbons (Fsp3) is 0.429. The molecule has 3 heterocycles. The van der Waals surface area contributed by atoms with Crippen LogP contribution in [0.3, 0.4) is 0 Å². The van der Waals surface area contributed by atoms with Crippen molar-refractivity contribution in [3.8, 4) is 0 Å². The highest BCUT2D eigenvalue weighted by molar-refractivity contribution is 7.00. The molecule has 3 aliphatic heterocycles. The first-order valence-electron chi connectivity index (χ1n) is 25.3. The van der Waals surface area contributed by atoms with Gasteiger partial charge in [-0.25, -0.2) is 0 Å². The summed E-state index contributed by atoms with van der Waals surface area (Å²) in [5.74, 6) is 0. The molecular weight excluding hydrogens is 810 g/mol. The number of nitrogens with zero attached hydrogens (tertiary/aromatic N) is 3. The lowest BCUT2D eigenvalue weighted by Crippen LogP contribution is -2.61. The zero-order valence-corrected chi connectivity index (χ0v) is 44.0. The Labute approximate surface area is 405 Å². The minimum Gasteiger partial charge on any atom is -0.334 e. The Hall–Kier alpha value is -5.22. The average Bonchev–Trinajstić information content (AvgIpc) is 3.64. The predicted octanol–water partition coefficient (Wildman–Crippen LogP) is 15.6. The van der Waals surface area contributed by atoms with E-state index >= 15 is 0 Å². The first kappa shape index (κ1) is 45.6. The molecule has 1 fully saturated rings. The molecule has 1 saturated carbocycles. The van der Waals surface area contributed by atoms with Crippen molar-refractivity contribution in [3.63, 3.8) is 0 Å². The molecule has 3 nitrogen and oxygen atoms in total. The van der Waals surface area contributed by atoms with Gasteiger partial charge in [0.2, 0.25) is 0 Å². The van der Waals surface area contributed by atoms with E-state index in [9.17, 15) is 0 Å². The van der Waals surface area contributed by atoms with Crippen molar-refractivity contribution in [1.82, 2.24) is 0 Å². The molecule has 0 saturated heterocycles. The van der Waals surface area contributed by atoms with Gasteiger partial charge in [-0.2, -0.15) is 0 Å². The van der Waals surface area contributed by atoms with E-state index in [2.05, 4.69) is 248 Å². The standard InChI is InChI=1S/C63H76BN3/c1-57(2,3)40-22-27-45(28-23-40)65-52-31-26-43(60(10,11)12)36-50(52)64-49-29-24-44(61(13,14)15)37-53(49)66(46-21-18-20-41(34-46)58(4,5)6)55-39-47(38-54(65)56(55)64)67-51-30-25-42(59(7,8)9)35-48(51)62(16)32-19-33-63(62,67)17/h18,20-31,34-39H,19,32-33H2,1-17H3. The summed E-state index contributed by atoms with van der Waals surface area (Å²) in [4.78, 5) is 8.09. The summed E-state index contributed by atoms with van der Waals surface area (Å²) in [6, 6.07) is 46.4. The molecule has 0 radical (unpaired) electrons. The van der Waals surface area contributed by atoms with Gasteiger partial charge in [-0.1, -0.05) is 178 Å². The highest BCUT2D eigenvalue weighted by atomic mass is 15.3. The molecule has 4 heteroatoms. The highest BCUT2D eigenvalue weighted by Crippen LogP contribution is 2.63. The fourth-order valence-corrected chi connectivity index (χ4v) is 12.3. The first-order valence-corrected chi connectivity index (χ1v) is 25.3. The molecule has 0 aromatic heterocycles. The molecule has 1 aliphatic carbocycles. The number of fused-ring (bicyclic) bond motifs is 7. The molecule has 0 bridgehead atoms. The number of hydrogen-bond donors (Lipinski definition) is 0. The van der Waals surface area contributed by atoms with Gasteiger partial charge in [0, 0.05) is 50.9 Å². The SMILES string of the molecule is CC(C)(C)c1ccc(N2c3ccc(C(C)(C)C)cc3B3c4ccc(C(C)(C)C)cc4N(c4cccc(C(C)(C)C)c4)c4cc(N5c6ccc(C(C)(C)C)cc6C6(C)CCCC56C)cc2c43)cc1. The molecule has 0 amide bonds. The van der Waals surface area contributed by atoms with Crippen molar-refractivity contribution >= 4 is 68.6 Å². The van der Waals surface area contributed by atoms with E-state index < -0.39 is 0 Å². The van der Waals surface area contributed by atoms with Gasteiger partial charge in [-0.05, 0) is 151 Å². The van der Waals surface area contributed by atoms with Crippen LogP contribution in [0.5, 0.6) is 0 Å². The molecule has 0 spiro atoms. The predicted molar refractivity (Wildman–Crippen MR) is 292 cm³/mol. The van der Waals surface area contributed by atoms with Crippen LogP contribution in [0.25, 0.3) is 0 Å².